The molecule has 0 fully saturated rings. The van der Waals surface area contributed by atoms with E-state index >= 15 is 0 Å². The van der Waals surface area contributed by atoms with Crippen molar-refractivity contribution in [3.8, 4) is 11.5 Å². The zero-order chi connectivity index (χ0) is 14.1. The molecule has 0 spiro atoms. The number of nitrogens with two attached hydrogens (primary N) is 1. The molecule has 0 aromatic heterocycles. The lowest BCUT2D eigenvalue weighted by Gasteiger charge is -2.14. The van der Waals surface area contributed by atoms with Gasteiger partial charge in [-0.1, -0.05) is 13.0 Å². The van der Waals surface area contributed by atoms with Gasteiger partial charge in [0.25, 0.3) is 0 Å². The second kappa shape index (κ2) is 9.10. The normalized spacial score (nSPS) is 12.2. The Kier molecular flexibility index (Phi) is 7.75. The van der Waals surface area contributed by atoms with Gasteiger partial charge in [0.1, 0.15) is 11.5 Å². The molecule has 0 radical (unpaired) electrons. The van der Waals surface area contributed by atoms with Gasteiger partial charge in [0.05, 0.1) is 13.7 Å². The molecule has 108 valence electrons. The lowest BCUT2D eigenvalue weighted by atomic mass is 10.1. The van der Waals surface area contributed by atoms with Gasteiger partial charge in [0, 0.05) is 12.1 Å². The molecule has 1 atom stereocenters. The van der Waals surface area contributed by atoms with Gasteiger partial charge in [0.2, 0.25) is 0 Å². The van der Waals surface area contributed by atoms with E-state index in [1.165, 1.54) is 0 Å². The molecule has 2 N–H and O–H groups in total. The van der Waals surface area contributed by atoms with E-state index in [9.17, 15) is 0 Å². The molecule has 0 saturated carbocycles. The van der Waals surface area contributed by atoms with E-state index < -0.39 is 0 Å². The Morgan fingerprint density at radius 1 is 1.37 bits per heavy atom. The summed E-state index contributed by atoms with van der Waals surface area (Å²) >= 11 is 1.94. The van der Waals surface area contributed by atoms with Crippen molar-refractivity contribution in [2.24, 2.45) is 5.73 Å². The highest BCUT2D eigenvalue weighted by Gasteiger charge is 2.08. The second-order valence-corrected chi connectivity index (χ2v) is 5.95. The van der Waals surface area contributed by atoms with Crippen LogP contribution in [0.15, 0.2) is 18.2 Å². The summed E-state index contributed by atoms with van der Waals surface area (Å²) in [7, 11) is 1.67. The van der Waals surface area contributed by atoms with Gasteiger partial charge in [-0.3, -0.25) is 0 Å². The van der Waals surface area contributed by atoms with Crippen molar-refractivity contribution < 1.29 is 9.47 Å². The molecule has 1 aromatic carbocycles. The van der Waals surface area contributed by atoms with E-state index in [1.54, 1.807) is 7.11 Å². The van der Waals surface area contributed by atoms with E-state index in [0.717, 1.165) is 48.0 Å². The Morgan fingerprint density at radius 3 is 2.79 bits per heavy atom. The van der Waals surface area contributed by atoms with Crippen molar-refractivity contribution in [3.63, 3.8) is 0 Å². The maximum Gasteiger partial charge on any atom is 0.126 e. The van der Waals surface area contributed by atoms with Gasteiger partial charge in [-0.05, 0) is 42.9 Å². The first-order valence-corrected chi connectivity index (χ1v) is 7.95. The van der Waals surface area contributed by atoms with Crippen molar-refractivity contribution >= 4 is 11.8 Å². The molecule has 0 heterocycles. The SMILES string of the molecule is CCSCCCOc1cc(OC)ccc1CC(C)N. The largest absolute Gasteiger partial charge is 0.497 e. The van der Waals surface area contributed by atoms with Gasteiger partial charge < -0.3 is 15.2 Å². The van der Waals surface area contributed by atoms with Crippen LogP contribution in [0.4, 0.5) is 0 Å². The lowest BCUT2D eigenvalue weighted by Crippen LogP contribution is -2.18. The number of methoxy groups -OCH3 is 1. The van der Waals surface area contributed by atoms with Crippen LogP contribution in [0, 0.1) is 0 Å². The molecule has 0 aliphatic rings. The maximum absolute atomic E-state index is 5.88. The molecule has 1 rings (SSSR count). The third-order valence-electron chi connectivity index (χ3n) is 2.71. The Morgan fingerprint density at radius 2 is 2.16 bits per heavy atom. The minimum Gasteiger partial charge on any atom is -0.497 e. The average Bonchev–Trinajstić information content (AvgIpc) is 2.39. The molecular formula is C15H25NO2S. The summed E-state index contributed by atoms with van der Waals surface area (Å²) in [6.07, 6.45) is 1.89. The fourth-order valence-electron chi connectivity index (χ4n) is 1.80. The minimum atomic E-state index is 0.131. The predicted octanol–water partition coefficient (Wildman–Crippen LogP) is 3.11. The standard InChI is InChI=1S/C15H25NO2S/c1-4-19-9-5-8-18-15-11-14(17-3)7-6-13(15)10-12(2)16/h6-7,11-12H,4-5,8-10,16H2,1-3H3. The van der Waals surface area contributed by atoms with Crippen molar-refractivity contribution in [2.45, 2.75) is 32.7 Å². The second-order valence-electron chi connectivity index (χ2n) is 4.55. The first-order chi connectivity index (χ1) is 9.17. The minimum absolute atomic E-state index is 0.131. The first kappa shape index (κ1) is 16.2. The van der Waals surface area contributed by atoms with E-state index in [-0.39, 0.29) is 6.04 Å². The van der Waals surface area contributed by atoms with Gasteiger partial charge >= 0.3 is 0 Å². The third-order valence-corrected chi connectivity index (χ3v) is 3.70. The first-order valence-electron chi connectivity index (χ1n) is 6.80. The summed E-state index contributed by atoms with van der Waals surface area (Å²) in [6.45, 7) is 4.92. The quantitative estimate of drug-likeness (QED) is 0.707. The molecule has 4 heteroatoms. The van der Waals surface area contributed by atoms with Crippen molar-refractivity contribution in [1.82, 2.24) is 0 Å². The number of rotatable bonds is 9. The highest BCUT2D eigenvalue weighted by Crippen LogP contribution is 2.26. The average molecular weight is 283 g/mol. The smallest absolute Gasteiger partial charge is 0.126 e. The molecule has 1 aromatic rings. The number of hydrogen-bond acceptors (Lipinski definition) is 4. The predicted molar refractivity (Wildman–Crippen MR) is 83.5 cm³/mol. The monoisotopic (exact) mass is 283 g/mol. The van der Waals surface area contributed by atoms with Crippen molar-refractivity contribution in [1.29, 1.82) is 0 Å². The van der Waals surface area contributed by atoms with Gasteiger partial charge in [-0.15, -0.1) is 0 Å². The van der Waals surface area contributed by atoms with Crippen LogP contribution in [0.5, 0.6) is 11.5 Å². The van der Waals surface area contributed by atoms with Crippen LogP contribution >= 0.6 is 11.8 Å². The van der Waals surface area contributed by atoms with E-state index in [1.807, 2.05) is 36.9 Å². The third kappa shape index (κ3) is 6.21. The summed E-state index contributed by atoms with van der Waals surface area (Å²) in [5.74, 6) is 4.03. The Labute approximate surface area is 120 Å². The van der Waals surface area contributed by atoms with E-state index in [0.29, 0.717) is 0 Å². The summed E-state index contributed by atoms with van der Waals surface area (Å²) in [5.41, 5.74) is 7.02. The molecule has 19 heavy (non-hydrogen) atoms. The van der Waals surface area contributed by atoms with Crippen molar-refractivity contribution in [3.05, 3.63) is 23.8 Å². The van der Waals surface area contributed by atoms with Crippen LogP contribution in [0.3, 0.4) is 0 Å². The lowest BCUT2D eigenvalue weighted by molar-refractivity contribution is 0.312. The molecule has 0 bridgehead atoms. The van der Waals surface area contributed by atoms with Gasteiger partial charge in [-0.2, -0.15) is 11.8 Å². The van der Waals surface area contributed by atoms with E-state index in [4.69, 9.17) is 15.2 Å². The van der Waals surface area contributed by atoms with Gasteiger partial charge in [-0.25, -0.2) is 0 Å². The van der Waals surface area contributed by atoms with E-state index in [2.05, 4.69) is 6.92 Å². The number of hydrogen-bond donors (Lipinski definition) is 1. The molecule has 0 amide bonds. The summed E-state index contributed by atoms with van der Waals surface area (Å²) in [6, 6.07) is 6.08. The Bertz CT molecular complexity index is 369. The zero-order valence-electron chi connectivity index (χ0n) is 12.1. The number of ether oxygens (including phenoxy) is 2. The van der Waals surface area contributed by atoms with Crippen LogP contribution in [0.25, 0.3) is 0 Å². The van der Waals surface area contributed by atoms with Crippen LogP contribution in [0.1, 0.15) is 25.8 Å². The Hall–Kier alpha value is -0.870. The molecular weight excluding hydrogens is 258 g/mol. The highest BCUT2D eigenvalue weighted by atomic mass is 32.2. The van der Waals surface area contributed by atoms with Gasteiger partial charge in [0.15, 0.2) is 0 Å². The molecule has 1 unspecified atom stereocenters. The molecule has 0 aliphatic carbocycles. The van der Waals surface area contributed by atoms with Crippen LogP contribution in [0.2, 0.25) is 0 Å². The molecule has 0 aliphatic heterocycles. The number of thioether (sulfide) groups is 1. The number of benzene rings is 1. The zero-order valence-corrected chi connectivity index (χ0v) is 13.0. The summed E-state index contributed by atoms with van der Waals surface area (Å²) in [5, 5.41) is 0. The maximum atomic E-state index is 5.88. The molecule has 0 saturated heterocycles. The fraction of sp³-hybridized carbons (Fsp3) is 0.600. The van der Waals surface area contributed by atoms with Crippen LogP contribution < -0.4 is 15.2 Å². The topological polar surface area (TPSA) is 44.5 Å². The molecule has 3 nitrogen and oxygen atoms in total. The Balaban J connectivity index is 2.60. The van der Waals surface area contributed by atoms with Crippen molar-refractivity contribution in [2.75, 3.05) is 25.2 Å². The van der Waals surface area contributed by atoms with Crippen LogP contribution in [-0.4, -0.2) is 31.3 Å². The summed E-state index contributed by atoms with van der Waals surface area (Å²) in [4.78, 5) is 0. The highest BCUT2D eigenvalue weighted by molar-refractivity contribution is 7.99. The fourth-order valence-corrected chi connectivity index (χ4v) is 2.41. The van der Waals surface area contributed by atoms with Crippen LogP contribution in [-0.2, 0) is 6.42 Å². The summed E-state index contributed by atoms with van der Waals surface area (Å²) < 4.78 is 11.1.